The number of halogens is 2. The van der Waals surface area contributed by atoms with E-state index in [9.17, 15) is 23.5 Å². The number of aromatic hydroxyl groups is 1. The molecular formula is C47H48F2N8O6. The molecule has 63 heavy (non-hydrogen) atoms. The molecule has 0 aliphatic carbocycles. The molecule has 0 atom stereocenters. The summed E-state index contributed by atoms with van der Waals surface area (Å²) in [5.74, 6) is -0.229. The molecule has 326 valence electrons. The lowest BCUT2D eigenvalue weighted by molar-refractivity contribution is -0.0502. The van der Waals surface area contributed by atoms with Gasteiger partial charge in [0, 0.05) is 73.7 Å². The van der Waals surface area contributed by atoms with Gasteiger partial charge in [-0.15, -0.1) is 0 Å². The zero-order valence-electron chi connectivity index (χ0n) is 35.9. The summed E-state index contributed by atoms with van der Waals surface area (Å²) in [6, 6.07) is 18.2. The minimum Gasteiger partial charge on any atom is -0.507 e. The predicted molar refractivity (Wildman–Crippen MR) is 236 cm³/mol. The van der Waals surface area contributed by atoms with Crippen molar-refractivity contribution >= 4 is 33.6 Å². The molecular weight excluding hydrogens is 811 g/mol. The second-order valence-electron chi connectivity index (χ2n) is 14.6. The Bertz CT molecular complexity index is 2910. The van der Waals surface area contributed by atoms with Crippen molar-refractivity contribution in [2.45, 2.75) is 73.1 Å². The number of alkyl halides is 2. The lowest BCUT2D eigenvalue weighted by atomic mass is 10.0. The number of hydrogen-bond donors (Lipinski definition) is 1. The van der Waals surface area contributed by atoms with Crippen molar-refractivity contribution in [2.24, 2.45) is 0 Å². The van der Waals surface area contributed by atoms with E-state index in [4.69, 9.17) is 14.2 Å². The molecule has 0 amide bonds. The van der Waals surface area contributed by atoms with Gasteiger partial charge >= 0.3 is 6.61 Å². The number of rotatable bonds is 16. The Morgan fingerprint density at radius 3 is 1.54 bits per heavy atom. The summed E-state index contributed by atoms with van der Waals surface area (Å²) in [6.45, 7) is 6.34. The van der Waals surface area contributed by atoms with Crippen LogP contribution in [0.4, 0.5) is 8.78 Å². The fraction of sp³-hybridized carbons (Fsp3) is 0.277. The number of phenols is 1. The summed E-state index contributed by atoms with van der Waals surface area (Å²) in [4.78, 5) is 34.0. The second kappa shape index (κ2) is 19.1. The Morgan fingerprint density at radius 1 is 0.635 bits per heavy atom. The first-order valence-electron chi connectivity index (χ1n) is 20.6. The Balaban J connectivity index is 0.000000190. The third kappa shape index (κ3) is 9.15. The maximum Gasteiger partial charge on any atom is 0.387 e. The number of ketones is 2. The van der Waals surface area contributed by atoms with Crippen LogP contribution in [0, 0.1) is 0 Å². The molecule has 0 unspecified atom stereocenters. The number of carbonyl (C=O) groups is 2. The highest BCUT2D eigenvalue weighted by atomic mass is 19.3. The van der Waals surface area contributed by atoms with Crippen molar-refractivity contribution < 1.29 is 37.7 Å². The predicted octanol–water partition coefficient (Wildman–Crippen LogP) is 10.1. The maximum absolute atomic E-state index is 13.1. The van der Waals surface area contributed by atoms with Crippen molar-refractivity contribution in [1.29, 1.82) is 0 Å². The molecule has 8 rings (SSSR count). The van der Waals surface area contributed by atoms with Crippen LogP contribution < -0.4 is 14.2 Å². The minimum absolute atomic E-state index is 0.0167. The van der Waals surface area contributed by atoms with E-state index in [1.165, 1.54) is 20.3 Å². The van der Waals surface area contributed by atoms with Crippen LogP contribution in [0.3, 0.4) is 0 Å². The van der Waals surface area contributed by atoms with Gasteiger partial charge in [-0.2, -0.15) is 19.0 Å². The lowest BCUT2D eigenvalue weighted by Gasteiger charge is -2.16. The average molecular weight is 859 g/mol. The topological polar surface area (TPSA) is 153 Å². The quantitative estimate of drug-likeness (QED) is 0.0929. The monoisotopic (exact) mass is 858 g/mol. The SMILES string of the molecule is CCCC(=O)c1c(O)cc(-n2cnc3cc(-c4cnn(CC)c4)ccc32)cc1OC.CCCC(=O)c1c(OC)cc(-n2cnc3cc(-c4cnn(CC)c4)ccc32)cc1OC(F)F. The number of hydrogen-bond acceptors (Lipinski definition) is 10. The molecule has 0 radical (unpaired) electrons. The van der Waals surface area contributed by atoms with Crippen LogP contribution >= 0.6 is 0 Å². The molecule has 0 spiro atoms. The molecule has 0 saturated carbocycles. The van der Waals surface area contributed by atoms with E-state index in [2.05, 4.69) is 20.2 Å². The standard InChI is InChI=1S/C24H24F2N4O3.C23H24N4O3/c1-4-6-20(31)23-21(32-3)10-17(11-22(23)33-24(25)26)30-14-27-18-9-15(7-8-19(18)30)16-12-28-29(5-2)13-16;1-4-6-20(28)23-21(29)10-17(11-22(23)30-3)27-14-24-18-9-15(7-8-19(18)27)16-12-25-26(5-2)13-16/h7-14,24H,4-6H2,1-3H3;7-14,29H,4-6H2,1-3H3. The first kappa shape index (κ1) is 43.7. The molecule has 14 nitrogen and oxygen atoms in total. The van der Waals surface area contributed by atoms with Gasteiger partial charge < -0.3 is 19.3 Å². The number of Topliss-reactive ketones (excluding diaryl/α,β-unsaturated/α-hetero) is 2. The first-order valence-corrected chi connectivity index (χ1v) is 20.6. The van der Waals surface area contributed by atoms with Gasteiger partial charge in [-0.05, 0) is 62.1 Å². The molecule has 1 N–H and O–H groups in total. The van der Waals surface area contributed by atoms with Crippen molar-refractivity contribution in [2.75, 3.05) is 14.2 Å². The van der Waals surface area contributed by atoms with E-state index in [1.54, 1.807) is 41.6 Å². The number of imidazole rings is 2. The number of methoxy groups -OCH3 is 2. The molecule has 0 aliphatic rings. The minimum atomic E-state index is -3.08. The van der Waals surface area contributed by atoms with E-state index >= 15 is 0 Å². The maximum atomic E-state index is 13.1. The largest absolute Gasteiger partial charge is 0.507 e. The molecule has 0 aliphatic heterocycles. The molecule has 4 aromatic carbocycles. The normalized spacial score (nSPS) is 11.3. The molecule has 4 aromatic heterocycles. The van der Waals surface area contributed by atoms with E-state index in [0.29, 0.717) is 36.4 Å². The van der Waals surface area contributed by atoms with Gasteiger partial charge in [-0.1, -0.05) is 26.0 Å². The molecule has 16 heteroatoms. The highest BCUT2D eigenvalue weighted by Crippen LogP contribution is 2.37. The van der Waals surface area contributed by atoms with E-state index in [-0.39, 0.29) is 46.4 Å². The third-order valence-corrected chi connectivity index (χ3v) is 10.5. The van der Waals surface area contributed by atoms with Crippen LogP contribution in [-0.2, 0) is 13.1 Å². The third-order valence-electron chi connectivity index (χ3n) is 10.5. The van der Waals surface area contributed by atoms with Gasteiger partial charge in [0.25, 0.3) is 0 Å². The van der Waals surface area contributed by atoms with Crippen LogP contribution in [-0.4, -0.2) is 76.2 Å². The van der Waals surface area contributed by atoms with Crippen LogP contribution in [0.5, 0.6) is 23.0 Å². The summed E-state index contributed by atoms with van der Waals surface area (Å²) < 4.78 is 49.1. The highest BCUT2D eigenvalue weighted by molar-refractivity contribution is 6.02. The number of aromatic nitrogens is 8. The summed E-state index contributed by atoms with van der Waals surface area (Å²) in [7, 11) is 2.89. The summed E-state index contributed by atoms with van der Waals surface area (Å²) in [5.41, 5.74) is 8.60. The number of benzene rings is 4. The Hall–Kier alpha value is -7.36. The van der Waals surface area contributed by atoms with Crippen molar-refractivity contribution in [1.82, 2.24) is 38.7 Å². The van der Waals surface area contributed by atoms with Gasteiger partial charge in [-0.25, -0.2) is 9.97 Å². The number of phenolic OH excluding ortho intramolecular Hbond substituents is 1. The number of fused-ring (bicyclic) bond motifs is 2. The smallest absolute Gasteiger partial charge is 0.387 e. The summed E-state index contributed by atoms with van der Waals surface area (Å²) in [6.07, 6.45) is 12.7. The molecule has 8 aromatic rings. The van der Waals surface area contributed by atoms with Gasteiger partial charge in [-0.3, -0.25) is 28.1 Å². The van der Waals surface area contributed by atoms with E-state index in [1.807, 2.05) is 96.6 Å². The zero-order chi connectivity index (χ0) is 44.8. The van der Waals surface area contributed by atoms with E-state index in [0.717, 1.165) is 57.4 Å². The van der Waals surface area contributed by atoms with Gasteiger partial charge in [0.15, 0.2) is 11.6 Å². The van der Waals surface area contributed by atoms with Crippen LogP contribution in [0.15, 0.2) is 98.1 Å². The van der Waals surface area contributed by atoms with E-state index < -0.39 is 6.61 Å². The Labute approximate surface area is 362 Å². The zero-order valence-corrected chi connectivity index (χ0v) is 35.9. The van der Waals surface area contributed by atoms with Crippen molar-refractivity contribution in [3.8, 4) is 56.6 Å². The van der Waals surface area contributed by atoms with Crippen molar-refractivity contribution in [3.63, 3.8) is 0 Å². The Morgan fingerprint density at radius 2 is 1.10 bits per heavy atom. The first-order chi connectivity index (χ1) is 30.5. The van der Waals surface area contributed by atoms with Crippen LogP contribution in [0.25, 0.3) is 55.7 Å². The molecule has 0 saturated heterocycles. The fourth-order valence-corrected chi connectivity index (χ4v) is 7.38. The number of nitrogens with zero attached hydrogens (tertiary/aromatic N) is 8. The lowest BCUT2D eigenvalue weighted by Crippen LogP contribution is -2.11. The van der Waals surface area contributed by atoms with Gasteiger partial charge in [0.05, 0.1) is 60.1 Å². The number of carbonyl (C=O) groups excluding carboxylic acids is 2. The van der Waals surface area contributed by atoms with Crippen molar-refractivity contribution in [3.05, 3.63) is 109 Å². The summed E-state index contributed by atoms with van der Waals surface area (Å²) >= 11 is 0. The van der Waals surface area contributed by atoms with Crippen LogP contribution in [0.1, 0.15) is 74.1 Å². The second-order valence-corrected chi connectivity index (χ2v) is 14.6. The number of ether oxygens (including phenoxy) is 3. The molecule has 0 bridgehead atoms. The van der Waals surface area contributed by atoms with Crippen LogP contribution in [0.2, 0.25) is 0 Å². The van der Waals surface area contributed by atoms with Gasteiger partial charge in [0.1, 0.15) is 46.8 Å². The number of aryl methyl sites for hydroxylation is 2. The van der Waals surface area contributed by atoms with Gasteiger partial charge in [0.2, 0.25) is 0 Å². The Kier molecular flexibility index (Phi) is 13.3. The highest BCUT2D eigenvalue weighted by Gasteiger charge is 2.24. The average Bonchev–Trinajstić information content (AvgIpc) is 4.12. The molecule has 4 heterocycles. The molecule has 0 fully saturated rings. The fourth-order valence-electron chi connectivity index (χ4n) is 7.38. The summed E-state index contributed by atoms with van der Waals surface area (Å²) in [5, 5.41) is 19.2.